The van der Waals surface area contributed by atoms with Gasteiger partial charge in [-0.15, -0.1) is 0 Å². The highest BCUT2D eigenvalue weighted by atomic mass is 35.5. The molecule has 1 fully saturated rings. The molecule has 2 atom stereocenters. The van der Waals surface area contributed by atoms with Crippen molar-refractivity contribution in [2.75, 3.05) is 19.6 Å². The summed E-state index contributed by atoms with van der Waals surface area (Å²) in [5.41, 5.74) is 1.71. The van der Waals surface area contributed by atoms with E-state index in [1.165, 1.54) is 6.08 Å². The van der Waals surface area contributed by atoms with E-state index in [-0.39, 0.29) is 21.8 Å². The van der Waals surface area contributed by atoms with Gasteiger partial charge >= 0.3 is 0 Å². The third-order valence-corrected chi connectivity index (χ3v) is 4.99. The first kappa shape index (κ1) is 36.9. The predicted octanol–water partition coefficient (Wildman–Crippen LogP) is 7.24. The van der Waals surface area contributed by atoms with Crippen molar-refractivity contribution in [3.05, 3.63) is 69.9 Å². The standard InChI is InChI=1S/C11H13ClFN.C8H9ClFNO.C5H12.C4H9NO/c1-7-5-14-6-9(7)8-3-2-4-10(12)11(8)13;1-3-8(10)7(9)4-6(2)11-5-12;1-5(2,3)4;1-2-3-5-4-6/h2-4,7,9,14H,5-6H2,1H3;3-5H,1H2,2H3,(H,11,12);1-4H3;4H,2-3H2,1H3,(H,5,6)/b;6-4+,8-7-;;/t7-,9+;;;/m1.../s1. The van der Waals surface area contributed by atoms with Gasteiger partial charge in [-0.1, -0.05) is 83.5 Å². The van der Waals surface area contributed by atoms with Gasteiger partial charge in [0.1, 0.15) is 11.6 Å². The van der Waals surface area contributed by atoms with Crippen LogP contribution >= 0.6 is 23.2 Å². The van der Waals surface area contributed by atoms with Crippen LogP contribution in [0.3, 0.4) is 0 Å². The maximum absolute atomic E-state index is 13.7. The van der Waals surface area contributed by atoms with Gasteiger partial charge in [0.2, 0.25) is 12.8 Å². The second kappa shape index (κ2) is 20.8. The number of hydrogen-bond acceptors (Lipinski definition) is 3. The van der Waals surface area contributed by atoms with E-state index in [0.29, 0.717) is 29.9 Å². The summed E-state index contributed by atoms with van der Waals surface area (Å²) in [5.74, 6) is -0.143. The van der Waals surface area contributed by atoms with Crippen molar-refractivity contribution in [3.8, 4) is 0 Å². The SMILES string of the molecule is C=C/C(F)=C(Cl)\C=C(/C)NC=O.CC(C)(C)C.CCCNC=O.C[C@@H]1CNC[C@@H]1c1cccc(Cl)c1F. The van der Waals surface area contributed by atoms with E-state index in [9.17, 15) is 18.4 Å². The molecule has 3 N–H and O–H groups in total. The molecule has 1 heterocycles. The van der Waals surface area contributed by atoms with Gasteiger partial charge in [0.05, 0.1) is 10.1 Å². The minimum absolute atomic E-state index is 0.0862. The number of nitrogens with one attached hydrogen (secondary N) is 3. The van der Waals surface area contributed by atoms with Gasteiger partial charge in [0.15, 0.2) is 0 Å². The first-order valence-electron chi connectivity index (χ1n) is 12.1. The first-order chi connectivity index (χ1) is 17.2. The second-order valence-corrected chi connectivity index (χ2v) is 10.8. The summed E-state index contributed by atoms with van der Waals surface area (Å²) < 4.78 is 26.3. The van der Waals surface area contributed by atoms with Crippen molar-refractivity contribution in [2.45, 2.75) is 60.8 Å². The van der Waals surface area contributed by atoms with E-state index in [1.807, 2.05) is 19.1 Å². The Labute approximate surface area is 231 Å². The Morgan fingerprint density at radius 3 is 2.22 bits per heavy atom. The van der Waals surface area contributed by atoms with Crippen LogP contribution in [-0.4, -0.2) is 32.5 Å². The Hall–Kier alpha value is -2.22. The number of amides is 2. The molecular formula is C28H43Cl2F2N3O2. The second-order valence-electron chi connectivity index (χ2n) is 9.95. The molecule has 0 radical (unpaired) electrons. The van der Waals surface area contributed by atoms with Crippen molar-refractivity contribution in [1.82, 2.24) is 16.0 Å². The maximum Gasteiger partial charge on any atom is 0.211 e. The molecule has 37 heavy (non-hydrogen) atoms. The maximum atomic E-state index is 13.7. The van der Waals surface area contributed by atoms with E-state index in [0.717, 1.165) is 37.7 Å². The fourth-order valence-electron chi connectivity index (χ4n) is 2.73. The highest BCUT2D eigenvalue weighted by molar-refractivity contribution is 6.31. The molecule has 0 bridgehead atoms. The van der Waals surface area contributed by atoms with Gasteiger partial charge < -0.3 is 16.0 Å². The zero-order valence-corrected chi connectivity index (χ0v) is 24.6. The van der Waals surface area contributed by atoms with Crippen LogP contribution in [0.15, 0.2) is 53.5 Å². The van der Waals surface area contributed by atoms with Crippen LogP contribution in [0.2, 0.25) is 5.02 Å². The number of allylic oxidation sites excluding steroid dienone is 5. The van der Waals surface area contributed by atoms with Gasteiger partial charge in [-0.2, -0.15) is 0 Å². The van der Waals surface area contributed by atoms with Gasteiger partial charge in [-0.25, -0.2) is 8.78 Å². The molecule has 2 rings (SSSR count). The molecule has 1 aromatic carbocycles. The molecule has 0 spiro atoms. The molecule has 0 aromatic heterocycles. The van der Waals surface area contributed by atoms with E-state index in [2.05, 4.69) is 57.1 Å². The number of rotatable bonds is 8. The fourth-order valence-corrected chi connectivity index (χ4v) is 3.15. The average Bonchev–Trinajstić information content (AvgIpc) is 3.24. The molecule has 210 valence electrons. The number of halogens is 4. The summed E-state index contributed by atoms with van der Waals surface area (Å²) in [6.45, 7) is 20.3. The van der Waals surface area contributed by atoms with Gasteiger partial charge in [-0.05, 0) is 55.0 Å². The van der Waals surface area contributed by atoms with Crippen LogP contribution in [0, 0.1) is 17.2 Å². The van der Waals surface area contributed by atoms with Crippen LogP contribution in [0.4, 0.5) is 8.78 Å². The number of hydrogen-bond donors (Lipinski definition) is 3. The van der Waals surface area contributed by atoms with Crippen molar-refractivity contribution >= 4 is 36.0 Å². The summed E-state index contributed by atoms with van der Waals surface area (Å²) in [4.78, 5) is 19.4. The molecule has 1 aliphatic heterocycles. The summed E-state index contributed by atoms with van der Waals surface area (Å²) in [6, 6.07) is 5.23. The Kier molecular flexibility index (Phi) is 20.8. The van der Waals surface area contributed by atoms with Gasteiger partial charge in [0.25, 0.3) is 0 Å². The van der Waals surface area contributed by atoms with E-state index >= 15 is 0 Å². The van der Waals surface area contributed by atoms with Crippen LogP contribution in [-0.2, 0) is 9.59 Å². The third-order valence-electron chi connectivity index (χ3n) is 4.41. The largest absolute Gasteiger partial charge is 0.359 e. The lowest BCUT2D eigenvalue weighted by Crippen LogP contribution is -2.10. The number of carbonyl (C=O) groups is 2. The van der Waals surface area contributed by atoms with Crippen LogP contribution in [0.25, 0.3) is 0 Å². The lowest BCUT2D eigenvalue weighted by atomic mass is 9.90. The molecule has 1 aromatic rings. The van der Waals surface area contributed by atoms with Crippen molar-refractivity contribution in [1.29, 1.82) is 0 Å². The third kappa shape index (κ3) is 19.5. The number of benzene rings is 1. The van der Waals surface area contributed by atoms with E-state index in [1.54, 1.807) is 13.0 Å². The molecule has 1 saturated heterocycles. The summed E-state index contributed by atoms with van der Waals surface area (Å²) in [6.07, 6.45) is 4.50. The Bertz CT molecular complexity index is 879. The lowest BCUT2D eigenvalue weighted by molar-refractivity contribution is -0.110. The highest BCUT2D eigenvalue weighted by Crippen LogP contribution is 2.31. The summed E-state index contributed by atoms with van der Waals surface area (Å²) >= 11 is 11.2. The smallest absolute Gasteiger partial charge is 0.211 e. The molecule has 9 heteroatoms. The normalized spacial score (nSPS) is 17.3. The van der Waals surface area contributed by atoms with Crippen molar-refractivity contribution in [2.24, 2.45) is 11.3 Å². The van der Waals surface area contributed by atoms with Gasteiger partial charge in [-0.3, -0.25) is 9.59 Å². The molecule has 1 aliphatic rings. The molecule has 0 aliphatic carbocycles. The molecule has 5 nitrogen and oxygen atoms in total. The van der Waals surface area contributed by atoms with Crippen molar-refractivity contribution in [3.63, 3.8) is 0 Å². The zero-order chi connectivity index (χ0) is 29.0. The van der Waals surface area contributed by atoms with Crippen molar-refractivity contribution < 1.29 is 18.4 Å². The minimum atomic E-state index is -0.622. The Balaban J connectivity index is 0. The Morgan fingerprint density at radius 1 is 1.22 bits per heavy atom. The van der Waals surface area contributed by atoms with E-state index in [4.69, 9.17) is 23.2 Å². The molecular weight excluding hydrogens is 519 g/mol. The van der Waals surface area contributed by atoms with Crippen LogP contribution in [0.5, 0.6) is 0 Å². The van der Waals surface area contributed by atoms with Gasteiger partial charge in [0, 0.05) is 24.7 Å². The Morgan fingerprint density at radius 2 is 1.81 bits per heavy atom. The number of carbonyl (C=O) groups excluding carboxylic acids is 2. The molecule has 0 saturated carbocycles. The fraction of sp³-hybridized carbons (Fsp3) is 0.500. The highest BCUT2D eigenvalue weighted by Gasteiger charge is 2.27. The van der Waals surface area contributed by atoms with E-state index < -0.39 is 5.83 Å². The van der Waals surface area contributed by atoms with Crippen LogP contribution in [0.1, 0.15) is 66.4 Å². The lowest BCUT2D eigenvalue weighted by Gasteiger charge is -2.15. The average molecular weight is 563 g/mol. The monoisotopic (exact) mass is 561 g/mol. The molecule has 0 unspecified atom stereocenters. The minimum Gasteiger partial charge on any atom is -0.359 e. The van der Waals surface area contributed by atoms with Crippen LogP contribution < -0.4 is 16.0 Å². The zero-order valence-electron chi connectivity index (χ0n) is 23.1. The quantitative estimate of drug-likeness (QED) is 0.178. The topological polar surface area (TPSA) is 70.2 Å². The summed E-state index contributed by atoms with van der Waals surface area (Å²) in [5, 5.41) is 8.23. The first-order valence-corrected chi connectivity index (χ1v) is 12.9. The summed E-state index contributed by atoms with van der Waals surface area (Å²) in [7, 11) is 0. The molecule has 2 amide bonds. The predicted molar refractivity (Wildman–Crippen MR) is 153 cm³/mol.